The first-order valence-electron chi connectivity index (χ1n) is 7.58. The molecule has 1 aliphatic rings. The molecule has 2 rings (SSSR count). The molecule has 0 spiro atoms. The molecule has 1 aromatic rings. The van der Waals surface area contributed by atoms with Crippen LogP contribution in [0.4, 0.5) is 0 Å². The van der Waals surface area contributed by atoms with Crippen molar-refractivity contribution in [2.45, 2.75) is 30.3 Å². The lowest BCUT2D eigenvalue weighted by Gasteiger charge is -2.31. The molecule has 0 fully saturated rings. The van der Waals surface area contributed by atoms with Crippen molar-refractivity contribution >= 4 is 21.9 Å². The van der Waals surface area contributed by atoms with Crippen molar-refractivity contribution < 1.29 is 27.9 Å². The molecule has 1 amide bonds. The third-order valence-corrected chi connectivity index (χ3v) is 5.70. The van der Waals surface area contributed by atoms with E-state index in [1.54, 1.807) is 12.2 Å². The van der Waals surface area contributed by atoms with Gasteiger partial charge < -0.3 is 15.2 Å². The van der Waals surface area contributed by atoms with Gasteiger partial charge in [0.15, 0.2) is 0 Å². The summed E-state index contributed by atoms with van der Waals surface area (Å²) >= 11 is 0. The Labute approximate surface area is 146 Å². The van der Waals surface area contributed by atoms with Crippen molar-refractivity contribution in [3.63, 3.8) is 0 Å². The Morgan fingerprint density at radius 2 is 1.88 bits per heavy atom. The Morgan fingerprint density at radius 3 is 2.40 bits per heavy atom. The molecule has 25 heavy (non-hydrogen) atoms. The number of aliphatic carboxylic acids is 1. The Kier molecular flexibility index (Phi) is 5.81. The second-order valence-corrected chi connectivity index (χ2v) is 7.44. The van der Waals surface area contributed by atoms with Crippen LogP contribution in [-0.4, -0.2) is 55.4 Å². The van der Waals surface area contributed by atoms with E-state index >= 15 is 0 Å². The third-order valence-electron chi connectivity index (χ3n) is 3.84. The first kappa shape index (κ1) is 18.9. The molecular weight excluding hydrogens is 348 g/mol. The van der Waals surface area contributed by atoms with Crippen LogP contribution in [0.3, 0.4) is 0 Å². The number of carboxylic acid groups (broad SMARTS) is 1. The van der Waals surface area contributed by atoms with E-state index < -0.39 is 34.0 Å². The molecule has 1 heterocycles. The summed E-state index contributed by atoms with van der Waals surface area (Å²) in [5.74, 6) is -1.26. The largest absolute Gasteiger partial charge is 0.497 e. The molecule has 0 radical (unpaired) electrons. The van der Waals surface area contributed by atoms with E-state index in [0.29, 0.717) is 5.75 Å². The van der Waals surface area contributed by atoms with Gasteiger partial charge in [0.2, 0.25) is 15.9 Å². The predicted molar refractivity (Wildman–Crippen MR) is 89.7 cm³/mol. The van der Waals surface area contributed by atoms with E-state index in [1.165, 1.54) is 38.3 Å². The molecule has 0 aromatic heterocycles. The van der Waals surface area contributed by atoms with Crippen molar-refractivity contribution in [2.24, 2.45) is 0 Å². The van der Waals surface area contributed by atoms with Crippen molar-refractivity contribution in [3.05, 3.63) is 36.4 Å². The van der Waals surface area contributed by atoms with Gasteiger partial charge in [-0.1, -0.05) is 12.2 Å². The fourth-order valence-corrected chi connectivity index (χ4v) is 4.26. The van der Waals surface area contributed by atoms with Crippen LogP contribution in [0.25, 0.3) is 0 Å². The van der Waals surface area contributed by atoms with Gasteiger partial charge in [-0.05, 0) is 30.7 Å². The first-order chi connectivity index (χ1) is 11.8. The Morgan fingerprint density at radius 1 is 1.24 bits per heavy atom. The summed E-state index contributed by atoms with van der Waals surface area (Å²) in [6.45, 7) is 1.16. The highest BCUT2D eigenvalue weighted by atomic mass is 32.2. The maximum Gasteiger partial charge on any atom is 0.324 e. The Balaban J connectivity index is 2.45. The Bertz CT molecular complexity index is 772. The summed E-state index contributed by atoms with van der Waals surface area (Å²) in [4.78, 5) is 23.1. The molecule has 2 N–H and O–H groups in total. The number of sulfonamides is 1. The number of nitrogens with zero attached hydrogens (tertiary/aromatic N) is 1. The molecule has 0 bridgehead atoms. The molecule has 2 atom stereocenters. The Hall–Kier alpha value is -2.39. The average Bonchev–Trinajstić information content (AvgIpc) is 2.77. The van der Waals surface area contributed by atoms with E-state index in [4.69, 9.17) is 4.74 Å². The van der Waals surface area contributed by atoms with Crippen molar-refractivity contribution in [1.29, 1.82) is 0 Å². The van der Waals surface area contributed by atoms with E-state index in [-0.39, 0.29) is 17.9 Å². The number of hydrogen-bond donors (Lipinski definition) is 2. The van der Waals surface area contributed by atoms with Gasteiger partial charge in [-0.2, -0.15) is 4.31 Å². The summed E-state index contributed by atoms with van der Waals surface area (Å²) in [6.07, 6.45) is 3.48. The van der Waals surface area contributed by atoms with Crippen molar-refractivity contribution in [2.75, 3.05) is 13.7 Å². The van der Waals surface area contributed by atoms with Crippen molar-refractivity contribution in [1.82, 2.24) is 9.62 Å². The molecule has 0 aliphatic carbocycles. The fraction of sp³-hybridized carbons (Fsp3) is 0.375. The quantitative estimate of drug-likeness (QED) is 0.736. The zero-order valence-corrected chi connectivity index (χ0v) is 14.7. The maximum atomic E-state index is 13.0. The number of carbonyl (C=O) groups excluding carboxylic acids is 1. The zero-order chi connectivity index (χ0) is 18.6. The zero-order valence-electron chi connectivity index (χ0n) is 13.9. The molecule has 1 aromatic carbocycles. The molecule has 2 unspecified atom stereocenters. The topological polar surface area (TPSA) is 113 Å². The van der Waals surface area contributed by atoms with E-state index in [1.807, 2.05) is 0 Å². The lowest BCUT2D eigenvalue weighted by Crippen LogP contribution is -2.56. The van der Waals surface area contributed by atoms with Crippen LogP contribution in [0.1, 0.15) is 13.3 Å². The smallest absolute Gasteiger partial charge is 0.324 e. The van der Waals surface area contributed by atoms with Crippen LogP contribution >= 0.6 is 0 Å². The number of ether oxygens (including phenoxy) is 1. The van der Waals surface area contributed by atoms with Crippen LogP contribution in [0, 0.1) is 0 Å². The lowest BCUT2D eigenvalue weighted by molar-refractivity contribution is -0.142. The number of methoxy groups -OCH3 is 1. The van der Waals surface area contributed by atoms with Crippen molar-refractivity contribution in [3.8, 4) is 5.75 Å². The number of carbonyl (C=O) groups is 2. The van der Waals surface area contributed by atoms with Gasteiger partial charge in [-0.3, -0.25) is 9.59 Å². The third kappa shape index (κ3) is 4.18. The highest BCUT2D eigenvalue weighted by Crippen LogP contribution is 2.25. The van der Waals surface area contributed by atoms with Crippen LogP contribution in [0.2, 0.25) is 0 Å². The number of benzene rings is 1. The van der Waals surface area contributed by atoms with Gasteiger partial charge in [-0.15, -0.1) is 0 Å². The summed E-state index contributed by atoms with van der Waals surface area (Å²) in [7, 11) is -2.62. The van der Waals surface area contributed by atoms with Gasteiger partial charge in [0.1, 0.15) is 11.8 Å². The minimum Gasteiger partial charge on any atom is -0.497 e. The van der Waals surface area contributed by atoms with Crippen LogP contribution in [0.5, 0.6) is 5.75 Å². The van der Waals surface area contributed by atoms with E-state index in [9.17, 15) is 23.1 Å². The molecule has 0 saturated carbocycles. The minimum atomic E-state index is -4.08. The maximum absolute atomic E-state index is 13.0. The summed E-state index contributed by atoms with van der Waals surface area (Å²) in [6, 6.07) is 3.42. The molecule has 136 valence electrons. The average molecular weight is 368 g/mol. The van der Waals surface area contributed by atoms with Gasteiger partial charge in [0.05, 0.1) is 18.0 Å². The van der Waals surface area contributed by atoms with E-state index in [2.05, 4.69) is 5.32 Å². The minimum absolute atomic E-state index is 0.0450. The normalized spacial score (nSPS) is 21.4. The number of hydrogen-bond acceptors (Lipinski definition) is 5. The summed E-state index contributed by atoms with van der Waals surface area (Å²) < 4.78 is 31.8. The molecule has 9 heteroatoms. The van der Waals surface area contributed by atoms with Gasteiger partial charge in [0, 0.05) is 13.5 Å². The van der Waals surface area contributed by atoms with Gasteiger partial charge in [-0.25, -0.2) is 8.42 Å². The van der Waals surface area contributed by atoms with Gasteiger partial charge >= 0.3 is 5.97 Å². The number of amides is 1. The predicted octanol–water partition coefficient (Wildman–Crippen LogP) is 0.604. The second kappa shape index (κ2) is 7.66. The van der Waals surface area contributed by atoms with Crippen LogP contribution in [-0.2, 0) is 19.6 Å². The molecule has 1 aliphatic heterocycles. The summed E-state index contributed by atoms with van der Waals surface area (Å²) in [5.41, 5.74) is 0. The van der Waals surface area contributed by atoms with Gasteiger partial charge in [0.25, 0.3) is 0 Å². The van der Waals surface area contributed by atoms with Crippen LogP contribution in [0.15, 0.2) is 41.3 Å². The number of nitrogens with one attached hydrogen (secondary N) is 1. The SMILES string of the molecule is COc1ccc(S(=O)(=O)N2CC=CCC(NC(C)=O)C2C(=O)O)cc1. The number of rotatable bonds is 5. The number of carboxylic acids is 1. The first-order valence-corrected chi connectivity index (χ1v) is 9.02. The molecular formula is C16H20N2O6S. The highest BCUT2D eigenvalue weighted by Gasteiger charge is 2.41. The highest BCUT2D eigenvalue weighted by molar-refractivity contribution is 7.89. The standard InChI is InChI=1S/C16H20N2O6S/c1-11(19)17-14-5-3-4-10-18(15(14)16(20)21)25(22,23)13-8-6-12(24-2)7-9-13/h3-4,6-9,14-15H,5,10H2,1-2H3,(H,17,19)(H,20,21). The van der Waals surface area contributed by atoms with Crippen LogP contribution < -0.4 is 10.1 Å². The fourth-order valence-electron chi connectivity index (χ4n) is 2.69. The second-order valence-electron chi connectivity index (χ2n) is 5.55. The summed E-state index contributed by atoms with van der Waals surface area (Å²) in [5, 5.41) is 12.1. The molecule has 8 nitrogen and oxygen atoms in total. The molecule has 0 saturated heterocycles. The lowest BCUT2D eigenvalue weighted by atomic mass is 10.1. The monoisotopic (exact) mass is 368 g/mol. The van der Waals surface area contributed by atoms with E-state index in [0.717, 1.165) is 4.31 Å².